The van der Waals surface area contributed by atoms with Crippen LogP contribution < -0.4 is 5.32 Å². The average Bonchev–Trinajstić information content (AvgIpc) is 2.88. The van der Waals surface area contributed by atoms with E-state index in [2.05, 4.69) is 12.2 Å². The summed E-state index contributed by atoms with van der Waals surface area (Å²) in [5.41, 5.74) is -0.475. The molecule has 0 unspecified atom stereocenters. The van der Waals surface area contributed by atoms with Crippen LogP contribution in [-0.2, 0) is 19.9 Å². The Labute approximate surface area is 161 Å². The maximum Gasteiger partial charge on any atom is 0.251 e. The molecule has 1 atom stereocenters. The Bertz CT molecular complexity index is 917. The van der Waals surface area contributed by atoms with E-state index in [9.17, 15) is 21.6 Å². The zero-order valence-electron chi connectivity index (χ0n) is 15.6. The van der Waals surface area contributed by atoms with E-state index in [1.165, 1.54) is 28.6 Å². The fourth-order valence-corrected chi connectivity index (χ4v) is 7.17. The van der Waals surface area contributed by atoms with Gasteiger partial charge in [0.25, 0.3) is 5.91 Å². The van der Waals surface area contributed by atoms with Gasteiger partial charge in [0.15, 0.2) is 9.84 Å². The molecule has 0 saturated carbocycles. The second-order valence-corrected chi connectivity index (χ2v) is 12.1. The van der Waals surface area contributed by atoms with Gasteiger partial charge >= 0.3 is 0 Å². The van der Waals surface area contributed by atoms with Crippen LogP contribution in [0.25, 0.3) is 0 Å². The summed E-state index contributed by atoms with van der Waals surface area (Å²) in [7, 11) is -6.68. The normalized spacial score (nSPS) is 26.7. The lowest BCUT2D eigenvalue weighted by atomic mass is 10.0. The second kappa shape index (κ2) is 7.18. The molecule has 0 bridgehead atoms. The van der Waals surface area contributed by atoms with E-state index in [0.29, 0.717) is 31.0 Å². The van der Waals surface area contributed by atoms with Crippen molar-refractivity contribution in [1.82, 2.24) is 9.62 Å². The Kier molecular flexibility index (Phi) is 5.39. The number of carbonyl (C=O) groups excluding carboxylic acids is 1. The molecule has 0 aromatic heterocycles. The molecule has 1 aromatic rings. The van der Waals surface area contributed by atoms with Crippen LogP contribution in [0.2, 0.25) is 0 Å². The average molecular weight is 415 g/mol. The fourth-order valence-electron chi connectivity index (χ4n) is 3.61. The summed E-state index contributed by atoms with van der Waals surface area (Å²) in [6, 6.07) is 5.83. The highest BCUT2D eigenvalue weighted by molar-refractivity contribution is 7.91. The molecule has 9 heteroatoms. The standard InChI is InChI=1S/C18H26N2O5S2/c1-14-7-10-20(11-8-14)27(24,25)16-5-3-15(4-6-16)17(21)19-18(2)9-12-26(22,23)13-18/h3-6,14H,7-13H2,1-2H3,(H,19,21)/t18-/m1/s1. The number of sulfone groups is 1. The molecule has 150 valence electrons. The number of nitrogens with one attached hydrogen (secondary N) is 1. The summed E-state index contributed by atoms with van der Waals surface area (Å²) in [6.07, 6.45) is 2.07. The van der Waals surface area contributed by atoms with Crippen molar-refractivity contribution in [3.05, 3.63) is 29.8 Å². The van der Waals surface area contributed by atoms with Crippen LogP contribution in [-0.4, -0.2) is 57.2 Å². The van der Waals surface area contributed by atoms with Gasteiger partial charge in [-0.2, -0.15) is 4.31 Å². The highest BCUT2D eigenvalue weighted by Crippen LogP contribution is 2.25. The van der Waals surface area contributed by atoms with Gasteiger partial charge in [-0.1, -0.05) is 6.92 Å². The van der Waals surface area contributed by atoms with Gasteiger partial charge in [-0.15, -0.1) is 0 Å². The number of piperidine rings is 1. The van der Waals surface area contributed by atoms with Gasteiger partial charge in [-0.25, -0.2) is 16.8 Å². The summed E-state index contributed by atoms with van der Waals surface area (Å²) in [4.78, 5) is 12.6. The largest absolute Gasteiger partial charge is 0.346 e. The molecule has 2 aliphatic rings. The molecular weight excluding hydrogens is 388 g/mol. The lowest BCUT2D eigenvalue weighted by molar-refractivity contribution is 0.0915. The van der Waals surface area contributed by atoms with Crippen LogP contribution in [0.15, 0.2) is 29.2 Å². The van der Waals surface area contributed by atoms with Crippen LogP contribution in [0.5, 0.6) is 0 Å². The SMILES string of the molecule is CC1CCN(S(=O)(=O)c2ccc(C(=O)N[C@]3(C)CCS(=O)(=O)C3)cc2)CC1. The lowest BCUT2D eigenvalue weighted by Gasteiger charge is -2.29. The first kappa shape index (κ1) is 20.3. The molecule has 1 amide bonds. The van der Waals surface area contributed by atoms with Crippen LogP contribution >= 0.6 is 0 Å². The predicted molar refractivity (Wildman–Crippen MR) is 103 cm³/mol. The minimum absolute atomic E-state index is 0.0649. The molecule has 27 heavy (non-hydrogen) atoms. The van der Waals surface area contributed by atoms with Gasteiger partial charge in [0.2, 0.25) is 10.0 Å². The summed E-state index contributed by atoms with van der Waals surface area (Å²) in [5.74, 6) is 0.120. The first-order chi connectivity index (χ1) is 12.5. The van der Waals surface area contributed by atoms with Gasteiger partial charge in [0.1, 0.15) is 0 Å². The monoisotopic (exact) mass is 414 g/mol. The molecule has 1 N–H and O–H groups in total. The van der Waals surface area contributed by atoms with Crippen LogP contribution in [0.3, 0.4) is 0 Å². The number of nitrogens with zero attached hydrogens (tertiary/aromatic N) is 1. The van der Waals surface area contributed by atoms with Crippen molar-refractivity contribution < 1.29 is 21.6 Å². The first-order valence-electron chi connectivity index (χ1n) is 9.14. The Morgan fingerprint density at radius 2 is 1.78 bits per heavy atom. The molecule has 3 rings (SSSR count). The van der Waals surface area contributed by atoms with Crippen LogP contribution in [0.1, 0.15) is 43.5 Å². The molecule has 0 aliphatic carbocycles. The van der Waals surface area contributed by atoms with Crippen molar-refractivity contribution in [2.24, 2.45) is 5.92 Å². The first-order valence-corrected chi connectivity index (χ1v) is 12.4. The Morgan fingerprint density at radius 3 is 2.30 bits per heavy atom. The third-order valence-corrected chi connectivity index (χ3v) is 9.23. The Hall–Kier alpha value is -1.45. The third-order valence-electron chi connectivity index (χ3n) is 5.42. The van der Waals surface area contributed by atoms with Gasteiger partial charge in [0.05, 0.1) is 21.9 Å². The molecule has 0 spiro atoms. The maximum absolute atomic E-state index is 12.7. The Balaban J connectivity index is 1.70. The molecule has 0 radical (unpaired) electrons. The molecular formula is C18H26N2O5S2. The zero-order valence-corrected chi connectivity index (χ0v) is 17.3. The Morgan fingerprint density at radius 1 is 1.19 bits per heavy atom. The lowest BCUT2D eigenvalue weighted by Crippen LogP contribution is -2.46. The number of sulfonamides is 1. The topological polar surface area (TPSA) is 101 Å². The summed E-state index contributed by atoms with van der Waals surface area (Å²) in [5, 5.41) is 2.78. The van der Waals surface area contributed by atoms with Gasteiger partial charge in [0, 0.05) is 18.7 Å². The number of hydrogen-bond donors (Lipinski definition) is 1. The van der Waals surface area contributed by atoms with E-state index in [4.69, 9.17) is 0 Å². The predicted octanol–water partition coefficient (Wildman–Crippen LogP) is 1.41. The minimum atomic E-state index is -3.56. The summed E-state index contributed by atoms with van der Waals surface area (Å²) < 4.78 is 50.3. The van der Waals surface area contributed by atoms with Crippen molar-refractivity contribution in [2.45, 2.75) is 43.5 Å². The molecule has 2 saturated heterocycles. The second-order valence-electron chi connectivity index (χ2n) is 7.97. The maximum atomic E-state index is 12.7. The van der Waals surface area contributed by atoms with E-state index >= 15 is 0 Å². The fraction of sp³-hybridized carbons (Fsp3) is 0.611. The molecule has 1 aromatic carbocycles. The number of amides is 1. The minimum Gasteiger partial charge on any atom is -0.346 e. The molecule has 2 aliphatic heterocycles. The van der Waals surface area contributed by atoms with E-state index < -0.39 is 31.3 Å². The van der Waals surface area contributed by atoms with Gasteiger partial charge < -0.3 is 5.32 Å². The smallest absolute Gasteiger partial charge is 0.251 e. The van der Waals surface area contributed by atoms with Gasteiger partial charge in [-0.3, -0.25) is 4.79 Å². The van der Waals surface area contributed by atoms with Crippen LogP contribution in [0, 0.1) is 5.92 Å². The van der Waals surface area contributed by atoms with E-state index in [0.717, 1.165) is 12.8 Å². The summed E-state index contributed by atoms with van der Waals surface area (Å²) >= 11 is 0. The molecule has 2 fully saturated rings. The molecule has 2 heterocycles. The molecule has 7 nitrogen and oxygen atoms in total. The quantitative estimate of drug-likeness (QED) is 0.803. The van der Waals surface area contributed by atoms with Crippen molar-refractivity contribution >= 4 is 25.8 Å². The number of carbonyl (C=O) groups is 1. The van der Waals surface area contributed by atoms with Crippen molar-refractivity contribution in [3.8, 4) is 0 Å². The number of rotatable bonds is 4. The summed E-state index contributed by atoms with van der Waals surface area (Å²) in [6.45, 7) is 4.86. The van der Waals surface area contributed by atoms with Crippen molar-refractivity contribution in [1.29, 1.82) is 0 Å². The number of hydrogen-bond acceptors (Lipinski definition) is 5. The zero-order chi connectivity index (χ0) is 19.9. The third kappa shape index (κ3) is 4.52. The van der Waals surface area contributed by atoms with E-state index in [1.54, 1.807) is 6.92 Å². The van der Waals surface area contributed by atoms with E-state index in [1.807, 2.05) is 0 Å². The van der Waals surface area contributed by atoms with E-state index in [-0.39, 0.29) is 16.4 Å². The highest BCUT2D eigenvalue weighted by Gasteiger charge is 2.39. The van der Waals surface area contributed by atoms with Crippen LogP contribution in [0.4, 0.5) is 0 Å². The van der Waals surface area contributed by atoms with Crippen molar-refractivity contribution in [2.75, 3.05) is 24.6 Å². The van der Waals surface area contributed by atoms with Crippen molar-refractivity contribution in [3.63, 3.8) is 0 Å². The highest BCUT2D eigenvalue weighted by atomic mass is 32.2. The number of benzene rings is 1. The van der Waals surface area contributed by atoms with Gasteiger partial charge in [-0.05, 0) is 56.4 Å².